The van der Waals surface area contributed by atoms with Gasteiger partial charge in [0.25, 0.3) is 5.69 Å². The number of fused-ring (bicyclic) bond motifs is 1. The fourth-order valence-electron chi connectivity index (χ4n) is 2.12. The molecule has 0 bridgehead atoms. The fourth-order valence-corrected chi connectivity index (χ4v) is 2.90. The van der Waals surface area contributed by atoms with Crippen LogP contribution in [0.5, 0.6) is 0 Å². The van der Waals surface area contributed by atoms with E-state index < -0.39 is 10.7 Å². The van der Waals surface area contributed by atoms with Gasteiger partial charge in [-0.1, -0.05) is 0 Å². The number of non-ortho nitro benzene ring substituents is 1. The van der Waals surface area contributed by atoms with Crippen molar-refractivity contribution in [1.82, 2.24) is 9.38 Å². The van der Waals surface area contributed by atoms with Crippen molar-refractivity contribution in [1.29, 1.82) is 0 Å². The normalized spacial score (nSPS) is 11.0. The Balaban J connectivity index is 1.86. The van der Waals surface area contributed by atoms with Gasteiger partial charge in [-0.3, -0.25) is 14.5 Å². The topological polar surface area (TPSA) is 72.5 Å². The number of halogens is 1. The maximum atomic E-state index is 13.4. The van der Waals surface area contributed by atoms with Gasteiger partial charge in [0.1, 0.15) is 5.82 Å². The number of thiazole rings is 1. The number of hydrogen-bond donors (Lipinski definition) is 1. The number of imidazole rings is 1. The minimum Gasteiger partial charge on any atom is -0.379 e. The first kappa shape index (κ1) is 13.5. The molecule has 108 valence electrons. The number of hydrogen-bond acceptors (Lipinski definition) is 5. The fraction of sp³-hybridized carbons (Fsp3) is 0.154. The van der Waals surface area contributed by atoms with Crippen molar-refractivity contribution in [3.8, 4) is 0 Å². The van der Waals surface area contributed by atoms with Crippen molar-refractivity contribution in [3.05, 3.63) is 57.1 Å². The summed E-state index contributed by atoms with van der Waals surface area (Å²) in [7, 11) is 0. The largest absolute Gasteiger partial charge is 0.379 e. The average Bonchev–Trinajstić information content (AvgIpc) is 2.96. The van der Waals surface area contributed by atoms with Crippen LogP contribution in [0.3, 0.4) is 0 Å². The van der Waals surface area contributed by atoms with E-state index >= 15 is 0 Å². The van der Waals surface area contributed by atoms with Crippen LogP contribution in [0.2, 0.25) is 0 Å². The van der Waals surface area contributed by atoms with Crippen molar-refractivity contribution in [3.63, 3.8) is 0 Å². The first-order valence-electron chi connectivity index (χ1n) is 6.14. The number of benzene rings is 1. The van der Waals surface area contributed by atoms with Gasteiger partial charge in [-0.2, -0.15) is 0 Å². The van der Waals surface area contributed by atoms with Crippen LogP contribution in [-0.4, -0.2) is 14.3 Å². The standard InChI is InChI=1S/C13H11FN4O2S/c1-8-12(17-2-3-21-13(17)16-8)7-15-10-4-9(14)5-11(6-10)18(19)20/h2-6,15H,7H2,1H3. The van der Waals surface area contributed by atoms with Crippen LogP contribution in [-0.2, 0) is 6.54 Å². The Morgan fingerprint density at radius 3 is 3.05 bits per heavy atom. The molecule has 0 saturated heterocycles. The van der Waals surface area contributed by atoms with E-state index in [1.165, 1.54) is 23.5 Å². The third kappa shape index (κ3) is 2.57. The zero-order chi connectivity index (χ0) is 15.0. The third-order valence-electron chi connectivity index (χ3n) is 3.11. The lowest BCUT2D eigenvalue weighted by Crippen LogP contribution is -2.04. The highest BCUT2D eigenvalue weighted by Gasteiger charge is 2.12. The molecular formula is C13H11FN4O2S. The highest BCUT2D eigenvalue weighted by atomic mass is 32.1. The molecule has 0 spiro atoms. The van der Waals surface area contributed by atoms with Crippen LogP contribution >= 0.6 is 11.3 Å². The average molecular weight is 306 g/mol. The molecule has 0 saturated carbocycles. The van der Waals surface area contributed by atoms with Crippen LogP contribution in [0.1, 0.15) is 11.4 Å². The number of nitrogens with zero attached hydrogens (tertiary/aromatic N) is 3. The second-order valence-electron chi connectivity index (χ2n) is 4.51. The Morgan fingerprint density at radius 2 is 2.29 bits per heavy atom. The second-order valence-corrected chi connectivity index (χ2v) is 5.38. The van der Waals surface area contributed by atoms with Gasteiger partial charge < -0.3 is 5.32 Å². The van der Waals surface area contributed by atoms with Crippen LogP contribution in [0, 0.1) is 22.9 Å². The monoisotopic (exact) mass is 306 g/mol. The Morgan fingerprint density at radius 1 is 1.48 bits per heavy atom. The lowest BCUT2D eigenvalue weighted by atomic mass is 10.2. The number of anilines is 1. The van der Waals surface area contributed by atoms with Crippen LogP contribution in [0.15, 0.2) is 29.8 Å². The highest BCUT2D eigenvalue weighted by molar-refractivity contribution is 7.15. The Labute approximate surface area is 123 Å². The molecule has 2 aromatic heterocycles. The predicted molar refractivity (Wildman–Crippen MR) is 78.2 cm³/mol. The Kier molecular flexibility index (Phi) is 3.30. The summed E-state index contributed by atoms with van der Waals surface area (Å²) in [6, 6.07) is 3.44. The molecule has 0 aliphatic rings. The SMILES string of the molecule is Cc1nc2sccn2c1CNc1cc(F)cc([N+](=O)[O-])c1. The first-order chi connectivity index (χ1) is 10.0. The highest BCUT2D eigenvalue weighted by Crippen LogP contribution is 2.22. The van der Waals surface area contributed by atoms with Crippen molar-refractivity contribution in [2.45, 2.75) is 13.5 Å². The van der Waals surface area contributed by atoms with Crippen LogP contribution in [0.25, 0.3) is 4.96 Å². The second kappa shape index (κ2) is 5.13. The Bertz CT molecular complexity index is 827. The van der Waals surface area contributed by atoms with Gasteiger partial charge in [-0.25, -0.2) is 9.37 Å². The summed E-state index contributed by atoms with van der Waals surface area (Å²) in [5.74, 6) is -0.641. The van der Waals surface area contributed by atoms with Gasteiger partial charge in [-0.15, -0.1) is 11.3 Å². The van der Waals surface area contributed by atoms with E-state index in [1.807, 2.05) is 22.9 Å². The molecule has 6 nitrogen and oxygen atoms in total. The summed E-state index contributed by atoms with van der Waals surface area (Å²) in [5, 5.41) is 15.7. The molecule has 1 aromatic carbocycles. The van der Waals surface area contributed by atoms with E-state index in [0.717, 1.165) is 22.4 Å². The van der Waals surface area contributed by atoms with E-state index in [2.05, 4.69) is 10.3 Å². The maximum Gasteiger partial charge on any atom is 0.274 e. The lowest BCUT2D eigenvalue weighted by Gasteiger charge is -2.07. The molecule has 21 heavy (non-hydrogen) atoms. The third-order valence-corrected chi connectivity index (χ3v) is 3.87. The summed E-state index contributed by atoms with van der Waals surface area (Å²) >= 11 is 1.53. The number of rotatable bonds is 4. The lowest BCUT2D eigenvalue weighted by molar-refractivity contribution is -0.385. The summed E-state index contributed by atoms with van der Waals surface area (Å²) in [4.78, 5) is 15.4. The van der Waals surface area contributed by atoms with Gasteiger partial charge in [-0.05, 0) is 13.0 Å². The minimum absolute atomic E-state index is 0.275. The smallest absolute Gasteiger partial charge is 0.274 e. The minimum atomic E-state index is -0.641. The molecule has 3 aromatic rings. The zero-order valence-electron chi connectivity index (χ0n) is 11.0. The summed E-state index contributed by atoms with van der Waals surface area (Å²) in [5.41, 5.74) is 1.91. The van der Waals surface area contributed by atoms with Crippen molar-refractivity contribution in [2.75, 3.05) is 5.32 Å². The summed E-state index contributed by atoms with van der Waals surface area (Å²) in [6.45, 7) is 2.30. The summed E-state index contributed by atoms with van der Waals surface area (Å²) < 4.78 is 15.3. The Hall–Kier alpha value is -2.48. The molecule has 0 aliphatic carbocycles. The van der Waals surface area contributed by atoms with E-state index in [0.29, 0.717) is 12.2 Å². The molecule has 0 unspecified atom stereocenters. The predicted octanol–water partition coefficient (Wildman–Crippen LogP) is 3.36. The first-order valence-corrected chi connectivity index (χ1v) is 7.02. The zero-order valence-corrected chi connectivity index (χ0v) is 11.9. The number of nitro benzene ring substituents is 1. The number of nitro groups is 1. The van der Waals surface area contributed by atoms with Crippen molar-refractivity contribution < 1.29 is 9.31 Å². The quantitative estimate of drug-likeness (QED) is 0.592. The number of aromatic nitrogens is 2. The molecule has 0 atom stereocenters. The molecule has 1 N–H and O–H groups in total. The molecule has 0 fully saturated rings. The van der Waals surface area contributed by atoms with Gasteiger partial charge >= 0.3 is 0 Å². The summed E-state index contributed by atoms with van der Waals surface area (Å²) in [6.07, 6.45) is 1.91. The van der Waals surface area contributed by atoms with Gasteiger partial charge in [0.15, 0.2) is 4.96 Å². The molecule has 0 radical (unpaired) electrons. The molecular weight excluding hydrogens is 295 g/mol. The molecule has 0 aliphatic heterocycles. The van der Waals surface area contributed by atoms with Crippen LogP contribution < -0.4 is 5.32 Å². The number of aryl methyl sites for hydroxylation is 1. The molecule has 0 amide bonds. The van der Waals surface area contributed by atoms with Gasteiger partial charge in [0.2, 0.25) is 0 Å². The van der Waals surface area contributed by atoms with Crippen molar-refractivity contribution >= 4 is 27.7 Å². The molecule has 8 heteroatoms. The molecule has 2 heterocycles. The van der Waals surface area contributed by atoms with E-state index in [4.69, 9.17) is 0 Å². The van der Waals surface area contributed by atoms with E-state index in [-0.39, 0.29) is 5.69 Å². The van der Waals surface area contributed by atoms with Crippen molar-refractivity contribution in [2.24, 2.45) is 0 Å². The van der Waals surface area contributed by atoms with Gasteiger partial charge in [0.05, 0.1) is 28.9 Å². The number of nitrogens with one attached hydrogen (secondary N) is 1. The van der Waals surface area contributed by atoms with Crippen LogP contribution in [0.4, 0.5) is 15.8 Å². The van der Waals surface area contributed by atoms with E-state index in [1.54, 1.807) is 0 Å². The van der Waals surface area contributed by atoms with Gasteiger partial charge in [0, 0.05) is 23.3 Å². The maximum absolute atomic E-state index is 13.4. The van der Waals surface area contributed by atoms with E-state index in [9.17, 15) is 14.5 Å². The molecule has 3 rings (SSSR count).